The van der Waals surface area contributed by atoms with Crippen LogP contribution >= 0.6 is 0 Å². The van der Waals surface area contributed by atoms with Gasteiger partial charge in [0.15, 0.2) is 5.65 Å². The summed E-state index contributed by atoms with van der Waals surface area (Å²) in [6.45, 7) is 2.18. The topological polar surface area (TPSA) is 112 Å². The van der Waals surface area contributed by atoms with Gasteiger partial charge in [-0.2, -0.15) is 9.61 Å². The second-order valence-corrected chi connectivity index (χ2v) is 7.77. The molecule has 2 amide bonds. The number of hydrogen-bond acceptors (Lipinski definition) is 7. The molecule has 1 atom stereocenters. The molecule has 3 fully saturated rings. The Morgan fingerprint density at radius 2 is 2.18 bits per heavy atom. The average molecular weight is 382 g/mol. The van der Waals surface area contributed by atoms with Crippen LogP contribution in [0.25, 0.3) is 11.7 Å². The summed E-state index contributed by atoms with van der Waals surface area (Å²) in [4.78, 5) is 30.2. The number of β-amino-alcohol motifs (C(OH)–C–C–N with tert-alkyl or cyclic N) is 1. The third-order valence-corrected chi connectivity index (χ3v) is 5.47. The Morgan fingerprint density at radius 1 is 1.32 bits per heavy atom. The zero-order valence-electron chi connectivity index (χ0n) is 15.4. The molecular weight excluding hydrogens is 360 g/mol. The minimum atomic E-state index is -0.366. The number of hydrogen-bond donors (Lipinski definition) is 3. The minimum absolute atomic E-state index is 0.0704. The fourth-order valence-corrected chi connectivity index (χ4v) is 3.69. The molecule has 0 radical (unpaired) electrons. The van der Waals surface area contributed by atoms with Crippen molar-refractivity contribution in [2.45, 2.75) is 31.8 Å². The predicted octanol–water partition coefficient (Wildman–Crippen LogP) is 0.552. The Morgan fingerprint density at radius 3 is 2.86 bits per heavy atom. The normalized spacial score (nSPS) is 23.8. The SMILES string of the molecule is O=C1C/C(=C\c2cnn3c(NCC4CC4)cc(N4CC[C@H](O)C4)nc23)C(=O)N1. The standard InChI is InChI=1S/C19H22N6O3/c26-14-3-4-24(10-14)16-7-15(20-8-11-1-2-11)25-18(22-16)13(9-21-25)5-12-6-17(27)23-19(12)28/h5,7,9,11,14,20,26H,1-4,6,8,10H2,(H,23,27,28)/b12-5+/t14-/m0/s1. The number of imide groups is 1. The number of nitrogens with zero attached hydrogens (tertiary/aromatic N) is 4. The Bertz CT molecular complexity index is 993. The van der Waals surface area contributed by atoms with E-state index in [2.05, 4.69) is 20.6 Å². The first-order chi connectivity index (χ1) is 13.6. The summed E-state index contributed by atoms with van der Waals surface area (Å²) in [6.07, 6.45) is 6.27. The van der Waals surface area contributed by atoms with Gasteiger partial charge < -0.3 is 15.3 Å². The predicted molar refractivity (Wildman–Crippen MR) is 103 cm³/mol. The molecule has 1 saturated carbocycles. The fraction of sp³-hybridized carbons (Fsp3) is 0.474. The van der Waals surface area contributed by atoms with E-state index < -0.39 is 0 Å². The lowest BCUT2D eigenvalue weighted by Gasteiger charge is -2.18. The van der Waals surface area contributed by atoms with Crippen molar-refractivity contribution < 1.29 is 14.7 Å². The number of fused-ring (bicyclic) bond motifs is 1. The highest BCUT2D eigenvalue weighted by atomic mass is 16.3. The zero-order valence-corrected chi connectivity index (χ0v) is 15.4. The van der Waals surface area contributed by atoms with Gasteiger partial charge in [-0.3, -0.25) is 14.9 Å². The second kappa shape index (κ2) is 6.59. The largest absolute Gasteiger partial charge is 0.391 e. The molecule has 0 unspecified atom stereocenters. The molecule has 9 nitrogen and oxygen atoms in total. The van der Waals surface area contributed by atoms with Crippen molar-refractivity contribution in [3.8, 4) is 0 Å². The smallest absolute Gasteiger partial charge is 0.254 e. The van der Waals surface area contributed by atoms with Crippen molar-refractivity contribution in [3.63, 3.8) is 0 Å². The van der Waals surface area contributed by atoms with Gasteiger partial charge in [0.2, 0.25) is 5.91 Å². The van der Waals surface area contributed by atoms with Crippen LogP contribution in [0.5, 0.6) is 0 Å². The summed E-state index contributed by atoms with van der Waals surface area (Å²) in [7, 11) is 0. The highest BCUT2D eigenvalue weighted by molar-refractivity contribution is 6.15. The summed E-state index contributed by atoms with van der Waals surface area (Å²) in [5, 5.41) is 20.1. The van der Waals surface area contributed by atoms with Gasteiger partial charge in [-0.1, -0.05) is 0 Å². The second-order valence-electron chi connectivity index (χ2n) is 7.77. The lowest BCUT2D eigenvalue weighted by Crippen LogP contribution is -2.23. The van der Waals surface area contributed by atoms with E-state index in [0.717, 1.165) is 31.1 Å². The van der Waals surface area contributed by atoms with E-state index in [0.29, 0.717) is 29.2 Å². The van der Waals surface area contributed by atoms with Gasteiger partial charge in [0.1, 0.15) is 11.6 Å². The maximum Gasteiger partial charge on any atom is 0.254 e. The molecule has 9 heteroatoms. The Hall–Kier alpha value is -2.94. The molecular formula is C19H22N6O3. The van der Waals surface area contributed by atoms with Crippen LogP contribution in [0.2, 0.25) is 0 Å². The van der Waals surface area contributed by atoms with Gasteiger partial charge in [0, 0.05) is 36.8 Å². The number of carbonyl (C=O) groups is 2. The van der Waals surface area contributed by atoms with Crippen LogP contribution in [-0.4, -0.2) is 57.3 Å². The first kappa shape index (κ1) is 17.2. The number of amides is 2. The Labute approximate surface area is 161 Å². The molecule has 2 aromatic heterocycles. The van der Waals surface area contributed by atoms with Crippen LogP contribution < -0.4 is 15.5 Å². The van der Waals surface area contributed by atoms with Crippen LogP contribution in [0, 0.1) is 5.92 Å². The van der Waals surface area contributed by atoms with Gasteiger partial charge in [0.05, 0.1) is 18.7 Å². The van der Waals surface area contributed by atoms with Crippen molar-refractivity contribution in [1.82, 2.24) is 19.9 Å². The monoisotopic (exact) mass is 382 g/mol. The van der Waals surface area contributed by atoms with E-state index in [4.69, 9.17) is 4.98 Å². The molecule has 1 aliphatic carbocycles. The average Bonchev–Trinajstić information content (AvgIpc) is 3.11. The number of aliphatic hydroxyl groups is 1. The number of rotatable bonds is 5. The number of aromatic nitrogens is 3. The van der Waals surface area contributed by atoms with Crippen LogP contribution in [0.3, 0.4) is 0 Å². The van der Waals surface area contributed by atoms with Gasteiger partial charge in [-0.05, 0) is 31.3 Å². The lowest BCUT2D eigenvalue weighted by atomic mass is 10.1. The van der Waals surface area contributed by atoms with Gasteiger partial charge in [-0.15, -0.1) is 0 Å². The number of nitrogens with one attached hydrogen (secondary N) is 2. The van der Waals surface area contributed by atoms with Crippen LogP contribution in [0.1, 0.15) is 31.2 Å². The fourth-order valence-electron chi connectivity index (χ4n) is 3.69. The third-order valence-electron chi connectivity index (χ3n) is 5.47. The van der Waals surface area contributed by atoms with Gasteiger partial charge in [-0.25, -0.2) is 4.98 Å². The van der Waals surface area contributed by atoms with E-state index in [-0.39, 0.29) is 24.3 Å². The lowest BCUT2D eigenvalue weighted by molar-refractivity contribution is -0.124. The molecule has 4 heterocycles. The summed E-state index contributed by atoms with van der Waals surface area (Å²) < 4.78 is 1.74. The highest BCUT2D eigenvalue weighted by Crippen LogP contribution is 2.30. The molecule has 146 valence electrons. The molecule has 0 aromatic carbocycles. The number of anilines is 2. The first-order valence-corrected chi connectivity index (χ1v) is 9.67. The van der Waals surface area contributed by atoms with E-state index in [1.54, 1.807) is 16.8 Å². The van der Waals surface area contributed by atoms with Gasteiger partial charge in [0.25, 0.3) is 5.91 Å². The van der Waals surface area contributed by atoms with Crippen molar-refractivity contribution in [2.24, 2.45) is 5.92 Å². The van der Waals surface area contributed by atoms with Crippen LogP contribution in [0.15, 0.2) is 17.8 Å². The van der Waals surface area contributed by atoms with Crippen molar-refractivity contribution >= 4 is 35.2 Å². The molecule has 2 aromatic rings. The molecule has 28 heavy (non-hydrogen) atoms. The first-order valence-electron chi connectivity index (χ1n) is 9.67. The Balaban J connectivity index is 1.55. The molecule has 2 aliphatic heterocycles. The van der Waals surface area contributed by atoms with Crippen molar-refractivity contribution in [1.29, 1.82) is 0 Å². The minimum Gasteiger partial charge on any atom is -0.391 e. The van der Waals surface area contributed by atoms with Crippen LogP contribution in [-0.2, 0) is 9.59 Å². The van der Waals surface area contributed by atoms with Gasteiger partial charge >= 0.3 is 0 Å². The number of carbonyl (C=O) groups excluding carboxylic acids is 2. The maximum atomic E-state index is 11.9. The summed E-state index contributed by atoms with van der Waals surface area (Å²) in [5.74, 6) is 1.65. The molecule has 0 bridgehead atoms. The molecule has 3 N–H and O–H groups in total. The molecule has 0 spiro atoms. The highest BCUT2D eigenvalue weighted by Gasteiger charge is 2.26. The van der Waals surface area contributed by atoms with E-state index >= 15 is 0 Å². The molecule has 2 saturated heterocycles. The molecule has 3 aliphatic rings. The zero-order chi connectivity index (χ0) is 19.3. The van der Waals surface area contributed by atoms with Crippen molar-refractivity contribution in [2.75, 3.05) is 29.9 Å². The summed E-state index contributed by atoms with van der Waals surface area (Å²) in [6, 6.07) is 1.96. The van der Waals surface area contributed by atoms with E-state index in [1.165, 1.54) is 12.8 Å². The van der Waals surface area contributed by atoms with Crippen molar-refractivity contribution in [3.05, 3.63) is 23.4 Å². The quantitative estimate of drug-likeness (QED) is 0.511. The Kier molecular flexibility index (Phi) is 4.04. The van der Waals surface area contributed by atoms with E-state index in [9.17, 15) is 14.7 Å². The number of aliphatic hydroxyl groups excluding tert-OH is 1. The summed E-state index contributed by atoms with van der Waals surface area (Å²) >= 11 is 0. The molecule has 5 rings (SSSR count). The van der Waals surface area contributed by atoms with Crippen LogP contribution in [0.4, 0.5) is 11.6 Å². The third kappa shape index (κ3) is 3.22. The van der Waals surface area contributed by atoms with E-state index in [1.807, 2.05) is 6.07 Å². The maximum absolute atomic E-state index is 11.9. The summed E-state index contributed by atoms with van der Waals surface area (Å²) in [5.41, 5.74) is 1.73.